The number of thiophene rings is 2. The molecule has 1 aliphatic carbocycles. The van der Waals surface area contributed by atoms with Gasteiger partial charge in [0.1, 0.15) is 17.0 Å². The summed E-state index contributed by atoms with van der Waals surface area (Å²) in [5, 5.41) is 7.21. The fourth-order valence-corrected chi connectivity index (χ4v) is 12.4. The van der Waals surface area contributed by atoms with Gasteiger partial charge >= 0.3 is 0 Å². The van der Waals surface area contributed by atoms with Crippen molar-refractivity contribution in [3.8, 4) is 56.2 Å². The highest BCUT2D eigenvalue weighted by molar-refractivity contribution is 7.26. The summed E-state index contributed by atoms with van der Waals surface area (Å²) in [6.45, 7) is 0. The predicted molar refractivity (Wildman–Crippen MR) is 272 cm³/mol. The van der Waals surface area contributed by atoms with Crippen molar-refractivity contribution in [2.45, 2.75) is 12.3 Å². The molecule has 0 bridgehead atoms. The van der Waals surface area contributed by atoms with E-state index in [9.17, 15) is 0 Å². The van der Waals surface area contributed by atoms with Crippen molar-refractivity contribution in [1.82, 2.24) is 15.0 Å². The zero-order chi connectivity index (χ0) is 42.6. The Morgan fingerprint density at radius 1 is 0.400 bits per heavy atom. The maximum Gasteiger partial charge on any atom is 0.163 e. The molecule has 9 aromatic carbocycles. The number of hydrogen-bond donors (Lipinski definition) is 0. The molecule has 0 fully saturated rings. The summed E-state index contributed by atoms with van der Waals surface area (Å²) in [5.74, 6) is 2.06. The normalized spacial score (nSPS) is 13.6. The molecule has 0 saturated heterocycles. The van der Waals surface area contributed by atoms with E-state index in [2.05, 4.69) is 194 Å². The number of fused-ring (bicyclic) bond motifs is 12. The van der Waals surface area contributed by atoms with Gasteiger partial charge in [-0.25, -0.2) is 15.0 Å². The van der Waals surface area contributed by atoms with E-state index >= 15 is 0 Å². The third-order valence-electron chi connectivity index (χ3n) is 13.3. The summed E-state index contributed by atoms with van der Waals surface area (Å²) in [4.78, 5) is 16.1. The van der Waals surface area contributed by atoms with Crippen molar-refractivity contribution in [3.63, 3.8) is 0 Å². The first-order chi connectivity index (χ1) is 32.2. The van der Waals surface area contributed by atoms with Crippen molar-refractivity contribution in [2.75, 3.05) is 0 Å². The van der Waals surface area contributed by atoms with E-state index in [0.717, 1.165) is 67.6 Å². The van der Waals surface area contributed by atoms with Gasteiger partial charge in [0, 0.05) is 73.7 Å². The summed E-state index contributed by atoms with van der Waals surface area (Å²) in [6.07, 6.45) is 0.805. The van der Waals surface area contributed by atoms with Gasteiger partial charge in [0.15, 0.2) is 11.6 Å². The molecular weight excluding hydrogens is 831 g/mol. The third-order valence-corrected chi connectivity index (χ3v) is 15.6. The molecule has 14 rings (SSSR count). The lowest BCUT2D eigenvalue weighted by Crippen LogP contribution is -2.16. The third kappa shape index (κ3) is 5.84. The Balaban J connectivity index is 0.925. The standard InChI is InChI=1S/C59H35N3OS2/c1-2-15-39-35(12-1)32-49(43-17-4-3-16-42(39)43)59-61-57(60-58(62-59)38-27-29-54-48(33-38)45-19-6-8-25-52(45)65-54)37-14-9-13-34(30-37)40-20-11-23-50-55(40)46-22-10-21-41(56(46)63-50)36-26-28-53-47(31-36)44-18-5-7-24-51(44)64-53/h1-31,33,49H,32H2. The van der Waals surface area contributed by atoms with Crippen LogP contribution in [0.25, 0.3) is 118 Å². The molecule has 6 heteroatoms. The zero-order valence-electron chi connectivity index (χ0n) is 34.8. The molecule has 0 spiro atoms. The molecule has 1 unspecified atom stereocenters. The number of furan rings is 1. The molecule has 304 valence electrons. The Kier molecular flexibility index (Phi) is 8.11. The van der Waals surface area contributed by atoms with E-state index in [-0.39, 0.29) is 5.92 Å². The minimum Gasteiger partial charge on any atom is -0.455 e. The fourth-order valence-electron chi connectivity index (χ4n) is 10.3. The van der Waals surface area contributed by atoms with E-state index < -0.39 is 0 Å². The number of benzene rings is 9. The Hall–Kier alpha value is -7.77. The van der Waals surface area contributed by atoms with Crippen LogP contribution in [0.3, 0.4) is 0 Å². The van der Waals surface area contributed by atoms with Gasteiger partial charge in [0.25, 0.3) is 0 Å². The predicted octanol–water partition coefficient (Wildman–Crippen LogP) is 16.5. The first-order valence-electron chi connectivity index (χ1n) is 22.0. The molecule has 65 heavy (non-hydrogen) atoms. The van der Waals surface area contributed by atoms with Gasteiger partial charge in [0.05, 0.1) is 0 Å². The van der Waals surface area contributed by atoms with Crippen LogP contribution in [-0.4, -0.2) is 15.0 Å². The molecule has 1 aliphatic rings. The van der Waals surface area contributed by atoms with Gasteiger partial charge in [-0.05, 0) is 100.0 Å². The first-order valence-corrected chi connectivity index (χ1v) is 23.6. The van der Waals surface area contributed by atoms with Crippen LogP contribution in [0.4, 0.5) is 0 Å². The molecule has 0 radical (unpaired) electrons. The number of rotatable bonds is 5. The van der Waals surface area contributed by atoms with Gasteiger partial charge in [-0.1, -0.05) is 140 Å². The smallest absolute Gasteiger partial charge is 0.163 e. The van der Waals surface area contributed by atoms with Crippen molar-refractivity contribution < 1.29 is 4.42 Å². The van der Waals surface area contributed by atoms with E-state index in [1.807, 2.05) is 22.7 Å². The highest BCUT2D eigenvalue weighted by atomic mass is 32.1. The first kappa shape index (κ1) is 36.7. The Bertz CT molecular complexity index is 4080. The number of hydrogen-bond acceptors (Lipinski definition) is 6. The number of aromatic nitrogens is 3. The van der Waals surface area contributed by atoms with Crippen LogP contribution >= 0.6 is 22.7 Å². The molecule has 0 amide bonds. The highest BCUT2D eigenvalue weighted by Gasteiger charge is 2.29. The SMILES string of the molecule is c1cc(-c2nc(-c3ccc4sc5ccccc5c4c3)nc(C3Cc4ccccc4-c4ccccc43)n2)cc(-c2cccc3oc4c(-c5ccc6sc7ccccc7c6c5)cccc4c23)c1. The summed E-state index contributed by atoms with van der Waals surface area (Å²) < 4.78 is 11.9. The van der Waals surface area contributed by atoms with Crippen LogP contribution in [-0.2, 0) is 6.42 Å². The topological polar surface area (TPSA) is 51.8 Å². The molecule has 1 atom stereocenters. The average molecular weight is 866 g/mol. The Morgan fingerprint density at radius 3 is 1.75 bits per heavy atom. The van der Waals surface area contributed by atoms with Crippen molar-refractivity contribution >= 4 is 85.0 Å². The lowest BCUT2D eigenvalue weighted by atomic mass is 9.78. The molecule has 4 aromatic heterocycles. The second-order valence-corrected chi connectivity index (χ2v) is 19.2. The molecule has 0 saturated carbocycles. The summed E-state index contributed by atoms with van der Waals surface area (Å²) >= 11 is 3.66. The highest BCUT2D eigenvalue weighted by Crippen LogP contribution is 2.45. The number of nitrogens with zero attached hydrogens (tertiary/aromatic N) is 3. The van der Waals surface area contributed by atoms with Gasteiger partial charge in [-0.15, -0.1) is 22.7 Å². The van der Waals surface area contributed by atoms with Crippen LogP contribution in [0.15, 0.2) is 199 Å². The molecule has 13 aromatic rings. The zero-order valence-corrected chi connectivity index (χ0v) is 36.5. The maximum atomic E-state index is 6.82. The average Bonchev–Trinajstić information content (AvgIpc) is 4.07. The molecule has 4 nitrogen and oxygen atoms in total. The van der Waals surface area contributed by atoms with E-state index in [1.54, 1.807) is 0 Å². The fraction of sp³-hybridized carbons (Fsp3) is 0.0339. The lowest BCUT2D eigenvalue weighted by molar-refractivity contribution is 0.670. The van der Waals surface area contributed by atoms with E-state index in [1.165, 1.54) is 62.6 Å². The summed E-state index contributed by atoms with van der Waals surface area (Å²) in [6, 6.07) is 69.8. The monoisotopic (exact) mass is 865 g/mol. The van der Waals surface area contributed by atoms with Crippen molar-refractivity contribution in [2.24, 2.45) is 0 Å². The van der Waals surface area contributed by atoms with Crippen LogP contribution in [0.5, 0.6) is 0 Å². The van der Waals surface area contributed by atoms with Gasteiger partial charge in [-0.3, -0.25) is 0 Å². The summed E-state index contributed by atoms with van der Waals surface area (Å²) in [7, 11) is 0. The molecule has 0 aliphatic heterocycles. The Labute approximate surface area is 381 Å². The van der Waals surface area contributed by atoms with Crippen LogP contribution in [0.1, 0.15) is 22.9 Å². The Morgan fingerprint density at radius 2 is 0.954 bits per heavy atom. The van der Waals surface area contributed by atoms with Crippen molar-refractivity contribution in [3.05, 3.63) is 211 Å². The molecule has 4 heterocycles. The van der Waals surface area contributed by atoms with E-state index in [4.69, 9.17) is 19.4 Å². The number of para-hydroxylation sites is 1. The largest absolute Gasteiger partial charge is 0.455 e. The van der Waals surface area contributed by atoms with Crippen LogP contribution < -0.4 is 0 Å². The van der Waals surface area contributed by atoms with E-state index in [0.29, 0.717) is 11.6 Å². The van der Waals surface area contributed by atoms with Crippen molar-refractivity contribution in [1.29, 1.82) is 0 Å². The summed E-state index contributed by atoms with van der Waals surface area (Å²) in [5.41, 5.74) is 13.1. The van der Waals surface area contributed by atoms with Crippen LogP contribution in [0.2, 0.25) is 0 Å². The van der Waals surface area contributed by atoms with Gasteiger partial charge in [-0.2, -0.15) is 0 Å². The van der Waals surface area contributed by atoms with Crippen LogP contribution in [0, 0.1) is 0 Å². The maximum absolute atomic E-state index is 6.82. The second kappa shape index (κ2) is 14.4. The molecule has 0 N–H and O–H groups in total. The second-order valence-electron chi connectivity index (χ2n) is 17.0. The molecular formula is C59H35N3OS2. The minimum atomic E-state index is -0.0464. The lowest BCUT2D eigenvalue weighted by Gasteiger charge is -2.27. The van der Waals surface area contributed by atoms with Gasteiger partial charge < -0.3 is 4.42 Å². The minimum absolute atomic E-state index is 0.0464. The quantitative estimate of drug-likeness (QED) is 0.173. The van der Waals surface area contributed by atoms with Gasteiger partial charge in [0.2, 0.25) is 0 Å².